The zero-order valence-corrected chi connectivity index (χ0v) is 26.1. The lowest BCUT2D eigenvalue weighted by Gasteiger charge is -2.62. The number of aliphatic hydroxyl groups excluding tert-OH is 2. The van der Waals surface area contributed by atoms with Gasteiger partial charge in [0.05, 0.1) is 6.10 Å². The Morgan fingerprint density at radius 2 is 1.54 bits per heavy atom. The van der Waals surface area contributed by atoms with Crippen molar-refractivity contribution in [3.63, 3.8) is 0 Å². The maximum atomic E-state index is 11.5. The van der Waals surface area contributed by atoms with Crippen LogP contribution in [0.3, 0.4) is 0 Å². The lowest BCUT2D eigenvalue weighted by molar-refractivity contribution is -0.167. The van der Waals surface area contributed by atoms with Gasteiger partial charge < -0.3 is 26.6 Å². The summed E-state index contributed by atoms with van der Waals surface area (Å²) in [6, 6.07) is 0.620. The van der Waals surface area contributed by atoms with Crippen LogP contribution < -0.4 is 16.4 Å². The molecule has 4 fully saturated rings. The van der Waals surface area contributed by atoms with Crippen LogP contribution >= 0.6 is 37.2 Å². The van der Waals surface area contributed by atoms with Gasteiger partial charge in [0.15, 0.2) is 0 Å². The van der Waals surface area contributed by atoms with Gasteiger partial charge in [-0.05, 0) is 143 Å². The molecule has 4 rings (SSSR count). The first-order valence-electron chi connectivity index (χ1n) is 14.8. The zero-order valence-electron chi connectivity index (χ0n) is 23.6. The summed E-state index contributed by atoms with van der Waals surface area (Å²) in [4.78, 5) is 0. The molecule has 0 spiro atoms. The van der Waals surface area contributed by atoms with Gasteiger partial charge in [-0.15, -0.1) is 37.2 Å². The number of unbranched alkanes of at least 4 members (excludes halogenated alkanes) is 1. The van der Waals surface area contributed by atoms with Crippen LogP contribution in [0.5, 0.6) is 0 Å². The summed E-state index contributed by atoms with van der Waals surface area (Å²) in [5, 5.41) is 28.8. The van der Waals surface area contributed by atoms with E-state index < -0.39 is 0 Å². The monoisotopic (exact) mass is 585 g/mol. The molecule has 0 heterocycles. The molecule has 0 unspecified atom stereocenters. The molecule has 4 aliphatic carbocycles. The molecule has 10 atom stereocenters. The van der Waals surface area contributed by atoms with E-state index in [1.54, 1.807) is 0 Å². The minimum atomic E-state index is -0.132. The highest BCUT2D eigenvalue weighted by Gasteiger charge is 2.62. The first kappa shape index (κ1) is 35.7. The number of nitrogens with one attached hydrogen (secondary N) is 2. The fourth-order valence-electron chi connectivity index (χ4n) is 9.55. The van der Waals surface area contributed by atoms with Gasteiger partial charge in [0, 0.05) is 12.6 Å². The summed E-state index contributed by atoms with van der Waals surface area (Å²) in [5.74, 6) is 3.47. The fourth-order valence-corrected chi connectivity index (χ4v) is 9.55. The molecule has 0 amide bonds. The van der Waals surface area contributed by atoms with Gasteiger partial charge >= 0.3 is 0 Å². The van der Waals surface area contributed by atoms with Crippen LogP contribution in [0, 0.1) is 46.3 Å². The summed E-state index contributed by atoms with van der Waals surface area (Å²) >= 11 is 0. The summed E-state index contributed by atoms with van der Waals surface area (Å²) in [6.45, 7) is 11.7. The van der Waals surface area contributed by atoms with Crippen molar-refractivity contribution in [3.8, 4) is 0 Å². The predicted octanol–water partition coefficient (Wildman–Crippen LogP) is 5.19. The van der Waals surface area contributed by atoms with E-state index in [9.17, 15) is 10.2 Å². The molecule has 222 valence electrons. The Hall–Kier alpha value is 0.670. The molecule has 0 aromatic rings. The van der Waals surface area contributed by atoms with Crippen molar-refractivity contribution in [1.29, 1.82) is 0 Å². The number of hydrogen-bond donors (Lipinski definition) is 5. The van der Waals surface area contributed by atoms with E-state index in [1.807, 2.05) is 0 Å². The van der Waals surface area contributed by atoms with E-state index in [0.29, 0.717) is 59.0 Å². The van der Waals surface area contributed by atoms with Crippen molar-refractivity contribution >= 4 is 37.2 Å². The molecule has 0 aromatic heterocycles. The second-order valence-electron chi connectivity index (χ2n) is 13.2. The maximum Gasteiger partial charge on any atom is 0.0577 e. The summed E-state index contributed by atoms with van der Waals surface area (Å²) in [7, 11) is 0. The summed E-state index contributed by atoms with van der Waals surface area (Å²) < 4.78 is 0. The van der Waals surface area contributed by atoms with Gasteiger partial charge in [-0.2, -0.15) is 0 Å². The fraction of sp³-hybridized carbons (Fsp3) is 1.00. The number of halogens is 3. The minimum absolute atomic E-state index is 0. The normalized spacial score (nSPS) is 41.2. The van der Waals surface area contributed by atoms with Crippen molar-refractivity contribution in [3.05, 3.63) is 0 Å². The molecule has 0 aromatic carbocycles. The molecule has 0 aliphatic heterocycles. The standard InChI is InChI=1S/C29H55N3O2.3ClH/c1-20(19-33)23-7-8-24-27-25(10-12-29(23,24)3)28(2)11-9-22(17-21(28)18-26(27)34)32-16-6-15-31-14-5-4-13-30;;;/h20-27,31-34H,4-19,30H2,1-3H3;3*1H/t20-,21-,22+,23-,24+,25+,26-,27+,28+,29-;;;/m1.../s1. The molecular formula is C29H58Cl3N3O2. The van der Waals surface area contributed by atoms with E-state index in [4.69, 9.17) is 5.73 Å². The van der Waals surface area contributed by atoms with Crippen LogP contribution in [0.2, 0.25) is 0 Å². The van der Waals surface area contributed by atoms with Crippen molar-refractivity contribution in [2.45, 2.75) is 104 Å². The van der Waals surface area contributed by atoms with Gasteiger partial charge in [-0.25, -0.2) is 0 Å². The third kappa shape index (κ3) is 7.31. The van der Waals surface area contributed by atoms with Crippen LogP contribution in [-0.2, 0) is 0 Å². The highest BCUT2D eigenvalue weighted by Crippen LogP contribution is 2.68. The number of hydrogen-bond acceptors (Lipinski definition) is 5. The zero-order chi connectivity index (χ0) is 24.3. The largest absolute Gasteiger partial charge is 0.396 e. The third-order valence-electron chi connectivity index (χ3n) is 11.5. The first-order valence-corrected chi connectivity index (χ1v) is 14.8. The van der Waals surface area contributed by atoms with Crippen molar-refractivity contribution < 1.29 is 10.2 Å². The Morgan fingerprint density at radius 3 is 2.24 bits per heavy atom. The molecule has 4 saturated carbocycles. The van der Waals surface area contributed by atoms with E-state index in [1.165, 1.54) is 57.8 Å². The van der Waals surface area contributed by atoms with E-state index in [-0.39, 0.29) is 43.3 Å². The van der Waals surface area contributed by atoms with E-state index in [0.717, 1.165) is 39.0 Å². The van der Waals surface area contributed by atoms with Gasteiger partial charge in [0.25, 0.3) is 0 Å². The molecule has 5 nitrogen and oxygen atoms in total. The highest BCUT2D eigenvalue weighted by atomic mass is 35.5. The van der Waals surface area contributed by atoms with Crippen molar-refractivity contribution in [2.24, 2.45) is 52.1 Å². The van der Waals surface area contributed by atoms with Crippen molar-refractivity contribution in [2.75, 3.05) is 32.8 Å². The van der Waals surface area contributed by atoms with Gasteiger partial charge in [-0.3, -0.25) is 0 Å². The topological polar surface area (TPSA) is 90.5 Å². The summed E-state index contributed by atoms with van der Waals surface area (Å²) in [5.41, 5.74) is 6.27. The smallest absolute Gasteiger partial charge is 0.0577 e. The lowest BCUT2D eigenvalue weighted by atomic mass is 9.43. The number of aliphatic hydroxyl groups is 2. The SMILES string of the molecule is C[C@H](CO)[C@H]1CC[C@H]2[C@@H]3[C@H](O)C[C@H]4C[C@@H](NCCCNCCCCN)CC[C@]4(C)[C@H]3CC[C@]12C.Cl.Cl.Cl. The number of fused-ring (bicyclic) bond motifs is 5. The average molecular weight is 587 g/mol. The molecule has 0 bridgehead atoms. The Balaban J connectivity index is 0.00000228. The molecule has 4 aliphatic rings. The number of rotatable bonds is 11. The number of nitrogens with two attached hydrogens (primary N) is 1. The second kappa shape index (κ2) is 15.6. The average Bonchev–Trinajstić information content (AvgIpc) is 3.18. The second-order valence-corrected chi connectivity index (χ2v) is 13.2. The Labute approximate surface area is 245 Å². The molecule has 0 radical (unpaired) electrons. The van der Waals surface area contributed by atoms with Gasteiger partial charge in [0.2, 0.25) is 0 Å². The third-order valence-corrected chi connectivity index (χ3v) is 11.5. The lowest BCUT2D eigenvalue weighted by Crippen LogP contribution is -2.59. The van der Waals surface area contributed by atoms with Crippen LogP contribution in [-0.4, -0.2) is 55.1 Å². The minimum Gasteiger partial charge on any atom is -0.396 e. The predicted molar refractivity (Wildman–Crippen MR) is 162 cm³/mol. The molecule has 0 saturated heterocycles. The van der Waals surface area contributed by atoms with E-state index >= 15 is 0 Å². The Bertz CT molecular complexity index is 662. The quantitative estimate of drug-likeness (QED) is 0.215. The van der Waals surface area contributed by atoms with Gasteiger partial charge in [0.1, 0.15) is 0 Å². The Kier molecular flexibility index (Phi) is 15.1. The van der Waals surface area contributed by atoms with Crippen LogP contribution in [0.1, 0.15) is 91.4 Å². The van der Waals surface area contributed by atoms with Crippen LogP contribution in [0.4, 0.5) is 0 Å². The molecule has 37 heavy (non-hydrogen) atoms. The van der Waals surface area contributed by atoms with Gasteiger partial charge in [-0.1, -0.05) is 20.8 Å². The highest BCUT2D eigenvalue weighted by molar-refractivity contribution is 5.86. The molecule has 8 heteroatoms. The molecular weight excluding hydrogens is 529 g/mol. The van der Waals surface area contributed by atoms with E-state index in [2.05, 4.69) is 31.4 Å². The van der Waals surface area contributed by atoms with Crippen LogP contribution in [0.25, 0.3) is 0 Å². The Morgan fingerprint density at radius 1 is 0.865 bits per heavy atom. The first-order chi connectivity index (χ1) is 16.3. The van der Waals surface area contributed by atoms with Crippen molar-refractivity contribution in [1.82, 2.24) is 10.6 Å². The molecule has 6 N–H and O–H groups in total. The van der Waals surface area contributed by atoms with Crippen LogP contribution in [0.15, 0.2) is 0 Å². The maximum absolute atomic E-state index is 11.5. The summed E-state index contributed by atoms with van der Waals surface area (Å²) in [6.07, 6.45) is 13.3.